The van der Waals surface area contributed by atoms with Crippen LogP contribution in [0, 0.1) is 11.6 Å². The molecule has 0 aromatic heterocycles. The van der Waals surface area contributed by atoms with Crippen molar-refractivity contribution in [3.8, 4) is 0 Å². The predicted octanol–water partition coefficient (Wildman–Crippen LogP) is 2.03. The van der Waals surface area contributed by atoms with Gasteiger partial charge in [0.05, 0.1) is 18.2 Å². The van der Waals surface area contributed by atoms with Gasteiger partial charge >= 0.3 is 0 Å². The van der Waals surface area contributed by atoms with Crippen LogP contribution in [0.1, 0.15) is 19.3 Å². The van der Waals surface area contributed by atoms with E-state index in [1.165, 1.54) is 48.5 Å². The summed E-state index contributed by atoms with van der Waals surface area (Å²) in [6.07, 6.45) is 0.674. The predicted molar refractivity (Wildman–Crippen MR) is 110 cm³/mol. The Morgan fingerprint density at radius 2 is 1.52 bits per heavy atom. The van der Waals surface area contributed by atoms with Gasteiger partial charge in [0, 0.05) is 18.8 Å². The SMILES string of the molecule is NC(=O)C1(Nc2ccc(F)cc2)CCN(C2CC(=O)N(c3ccc(F)cc3)C2=O)CC1. The average molecular weight is 428 g/mol. The largest absolute Gasteiger partial charge is 0.371 e. The quantitative estimate of drug-likeness (QED) is 0.711. The molecule has 2 heterocycles. The molecule has 3 amide bonds. The number of nitrogens with zero attached hydrogens (tertiary/aromatic N) is 2. The van der Waals surface area contributed by atoms with Crippen LogP contribution in [0.5, 0.6) is 0 Å². The van der Waals surface area contributed by atoms with E-state index >= 15 is 0 Å². The van der Waals surface area contributed by atoms with Gasteiger partial charge < -0.3 is 11.1 Å². The number of amides is 3. The van der Waals surface area contributed by atoms with Crippen LogP contribution in [0.2, 0.25) is 0 Å². The van der Waals surface area contributed by atoms with E-state index in [9.17, 15) is 23.2 Å². The summed E-state index contributed by atoms with van der Waals surface area (Å²) in [5.74, 6) is -2.08. The number of hydrogen-bond acceptors (Lipinski definition) is 5. The van der Waals surface area contributed by atoms with Crippen molar-refractivity contribution in [2.24, 2.45) is 5.73 Å². The van der Waals surface area contributed by atoms with Crippen molar-refractivity contribution in [2.75, 3.05) is 23.3 Å². The van der Waals surface area contributed by atoms with E-state index in [2.05, 4.69) is 5.32 Å². The summed E-state index contributed by atoms with van der Waals surface area (Å²) >= 11 is 0. The fraction of sp³-hybridized carbons (Fsp3) is 0.318. The van der Waals surface area contributed by atoms with Gasteiger partial charge in [-0.3, -0.25) is 19.3 Å². The molecule has 31 heavy (non-hydrogen) atoms. The first-order valence-corrected chi connectivity index (χ1v) is 9.99. The van der Waals surface area contributed by atoms with Crippen molar-refractivity contribution in [3.63, 3.8) is 0 Å². The maximum Gasteiger partial charge on any atom is 0.251 e. The van der Waals surface area contributed by atoms with Crippen LogP contribution in [-0.4, -0.2) is 47.3 Å². The lowest BCUT2D eigenvalue weighted by molar-refractivity contribution is -0.125. The first-order valence-electron chi connectivity index (χ1n) is 9.99. The lowest BCUT2D eigenvalue weighted by atomic mass is 9.85. The van der Waals surface area contributed by atoms with Gasteiger partial charge in [0.25, 0.3) is 5.91 Å². The van der Waals surface area contributed by atoms with Gasteiger partial charge in [-0.1, -0.05) is 0 Å². The van der Waals surface area contributed by atoms with E-state index in [0.29, 0.717) is 37.3 Å². The molecule has 2 aromatic rings. The Balaban J connectivity index is 1.46. The number of rotatable bonds is 5. The van der Waals surface area contributed by atoms with Gasteiger partial charge in [-0.05, 0) is 61.4 Å². The standard InChI is InChI=1S/C22H22F2N4O3/c23-14-1-5-16(6-2-14)26-22(21(25)31)9-11-27(12-10-22)18-13-19(29)28(20(18)30)17-7-3-15(24)4-8-17/h1-8,18,26H,9-13H2,(H2,25,31). The van der Waals surface area contributed by atoms with E-state index < -0.39 is 23.3 Å². The molecule has 4 rings (SSSR count). The van der Waals surface area contributed by atoms with Gasteiger partial charge in [0.15, 0.2) is 0 Å². The van der Waals surface area contributed by atoms with Crippen LogP contribution >= 0.6 is 0 Å². The van der Waals surface area contributed by atoms with E-state index in [1.807, 2.05) is 4.90 Å². The molecule has 0 radical (unpaired) electrons. The highest BCUT2D eigenvalue weighted by Crippen LogP contribution is 2.32. The van der Waals surface area contributed by atoms with Gasteiger partial charge in [0.1, 0.15) is 17.2 Å². The van der Waals surface area contributed by atoms with Crippen molar-refractivity contribution in [1.82, 2.24) is 4.90 Å². The summed E-state index contributed by atoms with van der Waals surface area (Å²) in [5, 5.41) is 3.13. The van der Waals surface area contributed by atoms with Crippen molar-refractivity contribution in [1.29, 1.82) is 0 Å². The highest BCUT2D eigenvalue weighted by atomic mass is 19.1. The van der Waals surface area contributed by atoms with Crippen LogP contribution in [0.15, 0.2) is 48.5 Å². The molecule has 3 N–H and O–H groups in total. The molecule has 2 aliphatic heterocycles. The maximum atomic E-state index is 13.2. The normalized spacial score (nSPS) is 21.4. The molecule has 1 unspecified atom stereocenters. The molecule has 2 fully saturated rings. The summed E-state index contributed by atoms with van der Waals surface area (Å²) < 4.78 is 26.4. The Kier molecular flexibility index (Phi) is 5.45. The fourth-order valence-electron chi connectivity index (χ4n) is 4.22. The first-order chi connectivity index (χ1) is 14.8. The van der Waals surface area contributed by atoms with Gasteiger partial charge in [-0.15, -0.1) is 0 Å². The van der Waals surface area contributed by atoms with Crippen LogP contribution in [0.4, 0.5) is 20.2 Å². The summed E-state index contributed by atoms with van der Waals surface area (Å²) in [5.41, 5.74) is 5.56. The zero-order valence-electron chi connectivity index (χ0n) is 16.7. The third kappa shape index (κ3) is 4.00. The van der Waals surface area contributed by atoms with E-state index in [-0.39, 0.29) is 24.1 Å². The lowest BCUT2D eigenvalue weighted by Crippen LogP contribution is -2.59. The molecule has 0 spiro atoms. The number of halogens is 2. The minimum absolute atomic E-state index is 0.0190. The highest BCUT2D eigenvalue weighted by molar-refractivity contribution is 6.22. The smallest absolute Gasteiger partial charge is 0.251 e. The van der Waals surface area contributed by atoms with E-state index in [1.54, 1.807) is 0 Å². The number of hydrogen-bond donors (Lipinski definition) is 2. The Labute approximate surface area is 177 Å². The van der Waals surface area contributed by atoms with Crippen molar-refractivity contribution in [3.05, 3.63) is 60.2 Å². The summed E-state index contributed by atoms with van der Waals surface area (Å²) in [6, 6.07) is 10.2. The van der Waals surface area contributed by atoms with Crippen LogP contribution in [0.3, 0.4) is 0 Å². The van der Waals surface area contributed by atoms with E-state index in [4.69, 9.17) is 5.73 Å². The molecular formula is C22H22F2N4O3. The van der Waals surface area contributed by atoms with Crippen molar-refractivity contribution in [2.45, 2.75) is 30.8 Å². The second-order valence-electron chi connectivity index (χ2n) is 7.88. The molecule has 2 aromatic carbocycles. The second-order valence-corrected chi connectivity index (χ2v) is 7.88. The Morgan fingerprint density at radius 1 is 0.968 bits per heavy atom. The topological polar surface area (TPSA) is 95.7 Å². The zero-order chi connectivity index (χ0) is 22.2. The van der Waals surface area contributed by atoms with Crippen LogP contribution in [-0.2, 0) is 14.4 Å². The first kappa shape index (κ1) is 20.9. The number of carbonyl (C=O) groups excluding carboxylic acids is 3. The van der Waals surface area contributed by atoms with Gasteiger partial charge in [-0.25, -0.2) is 13.7 Å². The number of carbonyl (C=O) groups is 3. The zero-order valence-corrected chi connectivity index (χ0v) is 16.7. The second kappa shape index (κ2) is 8.07. The third-order valence-corrected chi connectivity index (χ3v) is 6.00. The Hall–Kier alpha value is -3.33. The number of primary amides is 1. The maximum absolute atomic E-state index is 13.2. The summed E-state index contributed by atoms with van der Waals surface area (Å²) in [7, 11) is 0. The molecule has 7 nitrogen and oxygen atoms in total. The number of imide groups is 1. The van der Waals surface area contributed by atoms with Gasteiger partial charge in [-0.2, -0.15) is 0 Å². The number of piperidine rings is 1. The number of likely N-dealkylation sites (tertiary alicyclic amines) is 1. The number of nitrogens with one attached hydrogen (secondary N) is 1. The molecule has 2 aliphatic rings. The van der Waals surface area contributed by atoms with Crippen molar-refractivity contribution < 1.29 is 23.2 Å². The Morgan fingerprint density at radius 3 is 2.06 bits per heavy atom. The van der Waals surface area contributed by atoms with Gasteiger partial charge in [0.2, 0.25) is 11.8 Å². The molecule has 9 heteroatoms. The summed E-state index contributed by atoms with van der Waals surface area (Å²) in [4.78, 5) is 40.7. The number of anilines is 2. The highest BCUT2D eigenvalue weighted by Gasteiger charge is 2.47. The minimum Gasteiger partial charge on any atom is -0.371 e. The summed E-state index contributed by atoms with van der Waals surface area (Å²) in [6.45, 7) is 0.746. The molecule has 162 valence electrons. The molecule has 0 saturated carbocycles. The third-order valence-electron chi connectivity index (χ3n) is 6.00. The van der Waals surface area contributed by atoms with E-state index in [0.717, 1.165) is 4.90 Å². The molecular weight excluding hydrogens is 406 g/mol. The lowest BCUT2D eigenvalue weighted by Gasteiger charge is -2.42. The van der Waals surface area contributed by atoms with Crippen LogP contribution in [0.25, 0.3) is 0 Å². The molecule has 1 atom stereocenters. The molecule has 0 bridgehead atoms. The minimum atomic E-state index is -1.03. The van der Waals surface area contributed by atoms with Crippen molar-refractivity contribution >= 4 is 29.1 Å². The van der Waals surface area contributed by atoms with Crippen LogP contribution < -0.4 is 16.0 Å². The molecule has 0 aliphatic carbocycles. The molecule has 2 saturated heterocycles. The number of nitrogens with two attached hydrogens (primary N) is 1. The Bertz CT molecular complexity index is 1000. The monoisotopic (exact) mass is 428 g/mol. The number of benzene rings is 2. The average Bonchev–Trinajstić information content (AvgIpc) is 3.05. The fourth-order valence-corrected chi connectivity index (χ4v) is 4.22.